The van der Waals surface area contributed by atoms with E-state index in [-0.39, 0.29) is 56.6 Å². The quantitative estimate of drug-likeness (QED) is 0.368. The van der Waals surface area contributed by atoms with Gasteiger partial charge in [-0.3, -0.25) is 4.79 Å². The van der Waals surface area contributed by atoms with Crippen LogP contribution in [0.2, 0.25) is 0 Å². The highest BCUT2D eigenvalue weighted by molar-refractivity contribution is 6.01. The van der Waals surface area contributed by atoms with Gasteiger partial charge in [0.2, 0.25) is 5.70 Å². The lowest BCUT2D eigenvalue weighted by Gasteiger charge is -2.70. The van der Waals surface area contributed by atoms with E-state index in [9.17, 15) is 9.90 Å². The highest BCUT2D eigenvalue weighted by Gasteiger charge is 2.81. The molecule has 4 heteroatoms. The molecular formula is C35H51NO3. The van der Waals surface area contributed by atoms with Gasteiger partial charge in [0.15, 0.2) is 5.78 Å². The van der Waals surface area contributed by atoms with Gasteiger partial charge in [0, 0.05) is 22.2 Å². The Morgan fingerprint density at radius 2 is 1.72 bits per heavy atom. The summed E-state index contributed by atoms with van der Waals surface area (Å²) in [7, 11) is 0. The number of nitrogens with zero attached hydrogens (tertiary/aromatic N) is 1. The monoisotopic (exact) mass is 533 g/mol. The molecule has 3 saturated carbocycles. The van der Waals surface area contributed by atoms with Crippen molar-refractivity contribution in [1.29, 1.82) is 0 Å². The molecule has 4 nitrogen and oxygen atoms in total. The van der Waals surface area contributed by atoms with Crippen LogP contribution in [0, 0.1) is 50.9 Å². The average molecular weight is 534 g/mol. The van der Waals surface area contributed by atoms with Gasteiger partial charge in [-0.15, -0.1) is 0 Å². The number of ether oxygens (including phenoxy) is 1. The predicted octanol–water partition coefficient (Wildman–Crippen LogP) is 8.98. The predicted molar refractivity (Wildman–Crippen MR) is 155 cm³/mol. The van der Waals surface area contributed by atoms with Gasteiger partial charge < -0.3 is 9.84 Å². The molecule has 1 unspecified atom stereocenters. The number of ketones is 1. The Hall–Kier alpha value is -1.60. The highest BCUT2D eigenvalue weighted by Crippen LogP contribution is 2.80. The molecule has 214 valence electrons. The number of carbonyl (C=O) groups is 1. The van der Waals surface area contributed by atoms with Crippen molar-refractivity contribution in [2.24, 2.45) is 44.3 Å². The van der Waals surface area contributed by atoms with Gasteiger partial charge in [0.05, 0.1) is 12.7 Å². The number of aliphatic hydroxyl groups excluding tert-OH is 1. The van der Waals surface area contributed by atoms with Crippen molar-refractivity contribution in [2.45, 2.75) is 138 Å². The molecule has 1 saturated heterocycles. The third kappa shape index (κ3) is 3.02. The number of fused-ring (bicyclic) bond motifs is 4. The third-order valence-electron chi connectivity index (χ3n) is 14.1. The minimum absolute atomic E-state index is 0.126. The van der Waals surface area contributed by atoms with Crippen LogP contribution < -0.4 is 0 Å². The maximum Gasteiger partial charge on any atom is 0.203 e. The minimum atomic E-state index is -0.756. The van der Waals surface area contributed by atoms with Crippen LogP contribution in [-0.2, 0) is 9.53 Å². The van der Waals surface area contributed by atoms with Crippen molar-refractivity contribution < 1.29 is 14.6 Å². The fraction of sp³-hybridized carbons (Fsp3) is 0.829. The van der Waals surface area contributed by atoms with E-state index in [0.717, 1.165) is 51.4 Å². The molecule has 0 radical (unpaired) electrons. The molecule has 0 aromatic carbocycles. The second kappa shape index (κ2) is 8.02. The van der Waals surface area contributed by atoms with Crippen molar-refractivity contribution in [3.05, 3.63) is 34.5 Å². The van der Waals surface area contributed by atoms with E-state index in [0.29, 0.717) is 12.1 Å². The zero-order chi connectivity index (χ0) is 28.4. The van der Waals surface area contributed by atoms with Gasteiger partial charge >= 0.3 is 0 Å². The fourth-order valence-corrected chi connectivity index (χ4v) is 11.8. The molecule has 39 heavy (non-hydrogen) atoms. The molecule has 1 spiro atoms. The number of rotatable bonds is 3. The molecule has 0 amide bonds. The summed E-state index contributed by atoms with van der Waals surface area (Å²) in [6.07, 6.45) is 13.8. The van der Waals surface area contributed by atoms with Crippen LogP contribution >= 0.6 is 0 Å². The van der Waals surface area contributed by atoms with Crippen molar-refractivity contribution in [3.63, 3.8) is 0 Å². The van der Waals surface area contributed by atoms with E-state index in [4.69, 9.17) is 11.3 Å². The molecule has 0 aromatic rings. The Morgan fingerprint density at radius 3 is 2.38 bits per heavy atom. The van der Waals surface area contributed by atoms with Crippen LogP contribution in [0.15, 0.2) is 23.1 Å². The Bertz CT molecular complexity index is 1220. The largest absolute Gasteiger partial charge is 0.523 e. The Morgan fingerprint density at radius 1 is 1.03 bits per heavy atom. The number of allylic oxidation sites excluding steroid dienone is 3. The van der Waals surface area contributed by atoms with Gasteiger partial charge in [-0.1, -0.05) is 73.8 Å². The summed E-state index contributed by atoms with van der Waals surface area (Å²) >= 11 is 0. The van der Waals surface area contributed by atoms with E-state index in [1.54, 1.807) is 0 Å². The number of hydrogen-bond donors (Lipinski definition) is 1. The van der Waals surface area contributed by atoms with Crippen molar-refractivity contribution >= 4 is 5.78 Å². The summed E-state index contributed by atoms with van der Waals surface area (Å²) in [5.74, 6) is 0.941. The Kier molecular flexibility index (Phi) is 5.67. The van der Waals surface area contributed by atoms with E-state index in [1.165, 1.54) is 18.4 Å². The summed E-state index contributed by atoms with van der Waals surface area (Å²) in [5.41, 5.74) is 0.0253. The van der Waals surface area contributed by atoms with Crippen LogP contribution in [0.4, 0.5) is 0 Å². The Labute approximate surface area is 236 Å². The SMILES string of the molecule is [C-]#[N+]C1=C(O)C(C)(C)[C@@H]2CC[C@]3(C)C(=CC(=O)[C@]45OC(CCCC)[C@@]6(CCC(C)(C)C[C@H]64)CC[C@@]35C)[C@@]2(C)C1. The molecule has 1 aliphatic heterocycles. The normalized spacial score (nSPS) is 49.3. The molecule has 5 aliphatic carbocycles. The van der Waals surface area contributed by atoms with E-state index < -0.39 is 11.0 Å². The van der Waals surface area contributed by atoms with Gasteiger partial charge in [-0.2, -0.15) is 0 Å². The number of hydrogen-bond acceptors (Lipinski definition) is 3. The van der Waals surface area contributed by atoms with Gasteiger partial charge in [0.1, 0.15) is 11.4 Å². The zero-order valence-electron chi connectivity index (χ0n) is 25.8. The fourth-order valence-electron chi connectivity index (χ4n) is 11.8. The lowest BCUT2D eigenvalue weighted by atomic mass is 9.33. The van der Waals surface area contributed by atoms with Gasteiger partial charge in [-0.05, 0) is 86.0 Å². The van der Waals surface area contributed by atoms with Crippen LogP contribution in [0.25, 0.3) is 4.85 Å². The molecule has 1 heterocycles. The first-order chi connectivity index (χ1) is 18.1. The zero-order valence-corrected chi connectivity index (χ0v) is 25.8. The third-order valence-corrected chi connectivity index (χ3v) is 14.1. The molecule has 2 bridgehead atoms. The number of aliphatic hydroxyl groups is 1. The van der Waals surface area contributed by atoms with Gasteiger partial charge in [0.25, 0.3) is 0 Å². The molecule has 4 fully saturated rings. The molecule has 6 rings (SSSR count). The number of unbranched alkanes of at least 4 members (excludes halogenated alkanes) is 1. The average Bonchev–Trinajstić information content (AvgIpc) is 3.07. The summed E-state index contributed by atoms with van der Waals surface area (Å²) in [4.78, 5) is 18.8. The first-order valence-electron chi connectivity index (χ1n) is 15.8. The molecule has 1 N–H and O–H groups in total. The summed E-state index contributed by atoms with van der Waals surface area (Å²) in [5, 5.41) is 11.1. The second-order valence-electron chi connectivity index (χ2n) is 16.5. The Balaban J connectivity index is 1.55. The van der Waals surface area contributed by atoms with Crippen molar-refractivity contribution in [2.75, 3.05) is 0 Å². The van der Waals surface area contributed by atoms with E-state index >= 15 is 0 Å². The number of carbonyl (C=O) groups excluding carboxylic acids is 1. The van der Waals surface area contributed by atoms with Gasteiger partial charge in [-0.25, -0.2) is 4.85 Å². The maximum atomic E-state index is 15.0. The lowest BCUT2D eigenvalue weighted by molar-refractivity contribution is -0.210. The van der Waals surface area contributed by atoms with Crippen LogP contribution in [-0.4, -0.2) is 22.6 Å². The first-order valence-corrected chi connectivity index (χ1v) is 15.8. The van der Waals surface area contributed by atoms with Crippen LogP contribution in [0.3, 0.4) is 0 Å². The first kappa shape index (κ1) is 27.6. The molecule has 0 aromatic heterocycles. The highest BCUT2D eigenvalue weighted by atomic mass is 16.5. The summed E-state index contributed by atoms with van der Waals surface area (Å²) < 4.78 is 7.42. The minimum Gasteiger partial charge on any atom is -0.523 e. The molecule has 6 aliphatic rings. The molecular weight excluding hydrogens is 482 g/mol. The smallest absolute Gasteiger partial charge is 0.203 e. The topological polar surface area (TPSA) is 50.9 Å². The second-order valence-corrected chi connectivity index (χ2v) is 16.5. The van der Waals surface area contributed by atoms with Crippen LogP contribution in [0.5, 0.6) is 0 Å². The maximum absolute atomic E-state index is 15.0. The van der Waals surface area contributed by atoms with Crippen LogP contribution in [0.1, 0.15) is 126 Å². The van der Waals surface area contributed by atoms with E-state index in [2.05, 4.69) is 60.2 Å². The van der Waals surface area contributed by atoms with E-state index in [1.807, 2.05) is 6.08 Å². The summed E-state index contributed by atoms with van der Waals surface area (Å²) in [6, 6.07) is 0. The summed E-state index contributed by atoms with van der Waals surface area (Å²) in [6.45, 7) is 26.3. The lowest BCUT2D eigenvalue weighted by Crippen LogP contribution is -2.71. The van der Waals surface area contributed by atoms with Crippen molar-refractivity contribution in [3.8, 4) is 0 Å². The van der Waals surface area contributed by atoms with Crippen molar-refractivity contribution in [1.82, 2.24) is 0 Å². The molecule has 8 atom stereocenters. The standard InChI is InChI=1S/C35H51NO3/c1-10-11-12-27-34-17-15-29(2,3)21-25(34)35(39-27)26(37)19-24-31(6)20-22(36-9)28(38)30(4,5)23(31)13-14-32(24,7)33(35,8)16-18-34/h19,23,25,27,38H,10-18,20-21H2,1-8H3/t23-,25+,27?,31-,32+,33-,34-,35+/m0/s1.